The highest BCUT2D eigenvalue weighted by Gasteiger charge is 2.20. The van der Waals surface area contributed by atoms with Crippen LogP contribution in [0.25, 0.3) is 0 Å². The lowest BCUT2D eigenvalue weighted by Crippen LogP contribution is -2.14. The van der Waals surface area contributed by atoms with Crippen molar-refractivity contribution in [3.63, 3.8) is 0 Å². The average Bonchev–Trinajstić information content (AvgIpc) is 2.44. The first kappa shape index (κ1) is 15.3. The van der Waals surface area contributed by atoms with Gasteiger partial charge in [0.1, 0.15) is 15.6 Å². The van der Waals surface area contributed by atoms with Crippen LogP contribution in [0.3, 0.4) is 0 Å². The molecular formula is C15H22O4S. The number of aliphatic hydroxyl groups is 1. The molecule has 2 rings (SSSR count). The van der Waals surface area contributed by atoms with E-state index in [0.717, 1.165) is 36.1 Å². The molecule has 112 valence electrons. The lowest BCUT2D eigenvalue weighted by atomic mass is 9.89. The first-order valence-electron chi connectivity index (χ1n) is 7.16. The topological polar surface area (TPSA) is 63.6 Å². The normalized spacial score (nSPS) is 18.6. The van der Waals surface area contributed by atoms with Gasteiger partial charge in [0, 0.05) is 5.75 Å². The summed E-state index contributed by atoms with van der Waals surface area (Å²) in [4.78, 5) is 0. The van der Waals surface area contributed by atoms with Crippen LogP contribution in [0.15, 0.2) is 18.2 Å². The molecule has 0 heterocycles. The summed E-state index contributed by atoms with van der Waals surface area (Å²) < 4.78 is 28.5. The maximum Gasteiger partial charge on any atom is 0.150 e. The molecule has 0 radical (unpaired) electrons. The van der Waals surface area contributed by atoms with Gasteiger partial charge < -0.3 is 9.84 Å². The van der Waals surface area contributed by atoms with Crippen LogP contribution in [-0.4, -0.2) is 31.6 Å². The molecule has 0 aliphatic heterocycles. The molecule has 1 aromatic carbocycles. The summed E-state index contributed by atoms with van der Waals surface area (Å²) in [6.07, 6.45) is 2.77. The third-order valence-corrected chi connectivity index (χ3v) is 5.52. The van der Waals surface area contributed by atoms with Gasteiger partial charge in [-0.2, -0.15) is 0 Å². The molecular weight excluding hydrogens is 276 g/mol. The Morgan fingerprint density at radius 2 is 2.20 bits per heavy atom. The van der Waals surface area contributed by atoms with E-state index in [4.69, 9.17) is 4.74 Å². The third-order valence-electron chi connectivity index (χ3n) is 3.73. The van der Waals surface area contributed by atoms with Gasteiger partial charge in [-0.3, -0.25) is 0 Å². The summed E-state index contributed by atoms with van der Waals surface area (Å²) in [7, 11) is -2.92. The van der Waals surface area contributed by atoms with Crippen molar-refractivity contribution < 1.29 is 18.3 Å². The molecule has 1 N–H and O–H groups in total. The molecule has 1 atom stereocenters. The van der Waals surface area contributed by atoms with E-state index in [9.17, 15) is 13.5 Å². The first-order valence-corrected chi connectivity index (χ1v) is 8.98. The smallest absolute Gasteiger partial charge is 0.150 e. The van der Waals surface area contributed by atoms with Crippen molar-refractivity contribution >= 4 is 9.84 Å². The Kier molecular flexibility index (Phi) is 5.05. The Hall–Kier alpha value is -1.07. The molecule has 20 heavy (non-hydrogen) atoms. The molecule has 1 unspecified atom stereocenters. The van der Waals surface area contributed by atoms with E-state index in [1.807, 2.05) is 18.2 Å². The Bertz CT molecular complexity index is 551. The second kappa shape index (κ2) is 6.59. The molecule has 0 spiro atoms. The lowest BCUT2D eigenvalue weighted by molar-refractivity contribution is 0.155. The molecule has 1 aliphatic rings. The van der Waals surface area contributed by atoms with Gasteiger partial charge >= 0.3 is 0 Å². The van der Waals surface area contributed by atoms with Crippen LogP contribution in [0.4, 0.5) is 0 Å². The zero-order chi connectivity index (χ0) is 14.6. The van der Waals surface area contributed by atoms with Crippen molar-refractivity contribution in [2.45, 2.75) is 38.7 Å². The number of sulfone groups is 1. The molecule has 1 aliphatic carbocycles. The van der Waals surface area contributed by atoms with E-state index >= 15 is 0 Å². The van der Waals surface area contributed by atoms with Crippen molar-refractivity contribution in [3.8, 4) is 5.75 Å². The van der Waals surface area contributed by atoms with E-state index in [0.29, 0.717) is 13.0 Å². The number of ether oxygens (including phenoxy) is 1. The number of benzene rings is 1. The molecule has 1 aromatic rings. The van der Waals surface area contributed by atoms with Crippen LogP contribution in [0, 0.1) is 0 Å². The molecule has 0 saturated heterocycles. The fourth-order valence-electron chi connectivity index (χ4n) is 2.53. The quantitative estimate of drug-likeness (QED) is 0.818. The fraction of sp³-hybridized carbons (Fsp3) is 0.600. The monoisotopic (exact) mass is 298 g/mol. The van der Waals surface area contributed by atoms with Gasteiger partial charge in [-0.15, -0.1) is 0 Å². The van der Waals surface area contributed by atoms with Crippen LogP contribution in [-0.2, 0) is 16.3 Å². The minimum atomic E-state index is -2.92. The van der Waals surface area contributed by atoms with E-state index < -0.39 is 15.9 Å². The molecule has 0 aromatic heterocycles. The van der Waals surface area contributed by atoms with Gasteiger partial charge in [0.25, 0.3) is 0 Å². The summed E-state index contributed by atoms with van der Waals surface area (Å²) in [5, 5.41) is 9.96. The minimum Gasteiger partial charge on any atom is -0.493 e. The van der Waals surface area contributed by atoms with E-state index in [-0.39, 0.29) is 11.5 Å². The molecule has 0 fully saturated rings. The van der Waals surface area contributed by atoms with Gasteiger partial charge in [-0.25, -0.2) is 8.42 Å². The fourth-order valence-corrected chi connectivity index (χ4v) is 3.38. The maximum atomic E-state index is 11.4. The second-order valence-electron chi connectivity index (χ2n) is 5.17. The largest absolute Gasteiger partial charge is 0.493 e. The lowest BCUT2D eigenvalue weighted by Gasteiger charge is -2.23. The maximum absolute atomic E-state index is 11.4. The number of aliphatic hydroxyl groups excluding tert-OH is 1. The third kappa shape index (κ3) is 3.73. The highest BCUT2D eigenvalue weighted by molar-refractivity contribution is 7.91. The van der Waals surface area contributed by atoms with Crippen LogP contribution < -0.4 is 4.74 Å². The molecule has 0 saturated carbocycles. The number of hydrogen-bond donors (Lipinski definition) is 1. The summed E-state index contributed by atoms with van der Waals surface area (Å²) in [6, 6.07) is 5.71. The number of rotatable bonds is 6. The van der Waals surface area contributed by atoms with Gasteiger partial charge in [0.2, 0.25) is 0 Å². The highest BCUT2D eigenvalue weighted by atomic mass is 32.2. The van der Waals surface area contributed by atoms with E-state index in [1.54, 1.807) is 6.92 Å². The van der Waals surface area contributed by atoms with Gasteiger partial charge in [0.15, 0.2) is 0 Å². The predicted octanol–water partition coefficient (Wildman–Crippen LogP) is 2.26. The van der Waals surface area contributed by atoms with Crippen LogP contribution in [0.1, 0.15) is 43.4 Å². The zero-order valence-electron chi connectivity index (χ0n) is 11.8. The Labute approximate surface area is 120 Å². The number of hydrogen-bond acceptors (Lipinski definition) is 4. The summed E-state index contributed by atoms with van der Waals surface area (Å²) in [6.45, 7) is 2.05. The van der Waals surface area contributed by atoms with Crippen molar-refractivity contribution in [2.24, 2.45) is 0 Å². The van der Waals surface area contributed by atoms with Crippen LogP contribution >= 0.6 is 0 Å². The van der Waals surface area contributed by atoms with E-state index in [1.165, 1.54) is 0 Å². The average molecular weight is 298 g/mol. The highest BCUT2D eigenvalue weighted by Crippen LogP contribution is 2.35. The first-order chi connectivity index (χ1) is 9.53. The predicted molar refractivity (Wildman–Crippen MR) is 78.8 cm³/mol. The van der Waals surface area contributed by atoms with Crippen molar-refractivity contribution in [3.05, 3.63) is 29.3 Å². The summed E-state index contributed by atoms with van der Waals surface area (Å²) in [5.74, 6) is 1.14. The number of fused-ring (bicyclic) bond motifs is 1. The molecule has 0 bridgehead atoms. The Morgan fingerprint density at radius 1 is 1.40 bits per heavy atom. The Balaban J connectivity index is 1.96. The van der Waals surface area contributed by atoms with Crippen molar-refractivity contribution in [2.75, 3.05) is 18.1 Å². The van der Waals surface area contributed by atoms with Crippen molar-refractivity contribution in [1.29, 1.82) is 0 Å². The molecule has 0 amide bonds. The second-order valence-corrected chi connectivity index (χ2v) is 7.64. The van der Waals surface area contributed by atoms with E-state index in [2.05, 4.69) is 0 Å². The zero-order valence-corrected chi connectivity index (χ0v) is 12.7. The van der Waals surface area contributed by atoms with Crippen LogP contribution in [0.5, 0.6) is 5.75 Å². The van der Waals surface area contributed by atoms with Gasteiger partial charge in [-0.05, 0) is 42.9 Å². The molecule has 5 heteroatoms. The Morgan fingerprint density at radius 3 is 2.95 bits per heavy atom. The van der Waals surface area contributed by atoms with Gasteiger partial charge in [0.05, 0.1) is 18.5 Å². The van der Waals surface area contributed by atoms with Crippen molar-refractivity contribution in [1.82, 2.24) is 0 Å². The molecule has 4 nitrogen and oxygen atoms in total. The van der Waals surface area contributed by atoms with Gasteiger partial charge in [-0.1, -0.05) is 19.1 Å². The standard InChI is InChI=1S/C15H22O4S/c1-2-20(17,18)11-5-10-19-15-9-4-6-12-13(15)7-3-8-14(12)16/h4,6,9,14,16H,2-3,5,7-8,10-11H2,1H3. The minimum absolute atomic E-state index is 0.168. The summed E-state index contributed by atoms with van der Waals surface area (Å²) >= 11 is 0. The summed E-state index contributed by atoms with van der Waals surface area (Å²) in [5.41, 5.74) is 2.03. The van der Waals surface area contributed by atoms with Crippen LogP contribution in [0.2, 0.25) is 0 Å². The SMILES string of the molecule is CCS(=O)(=O)CCCOc1cccc2c1CCCC2O.